The number of likely N-dealkylation sites (N-methyl/N-ethyl adjacent to an activating group) is 1. The number of nitrogens with zero attached hydrogens (tertiary/aromatic N) is 1. The van der Waals surface area contributed by atoms with Crippen molar-refractivity contribution in [3.8, 4) is 11.5 Å². The third-order valence-electron chi connectivity index (χ3n) is 3.01. The molecule has 1 heterocycles. The minimum atomic E-state index is -0.456. The number of methoxy groups -OCH3 is 1. The van der Waals surface area contributed by atoms with Crippen LogP contribution in [0.3, 0.4) is 0 Å². The Bertz CT molecular complexity index is 514. The highest BCUT2D eigenvalue weighted by atomic mass is 16.6. The van der Waals surface area contributed by atoms with Gasteiger partial charge in [0.15, 0.2) is 11.5 Å². The molecule has 6 nitrogen and oxygen atoms in total. The van der Waals surface area contributed by atoms with E-state index < -0.39 is 5.97 Å². The maximum Gasteiger partial charge on any atom is 0.325 e. The van der Waals surface area contributed by atoms with E-state index >= 15 is 0 Å². The van der Waals surface area contributed by atoms with E-state index in [0.717, 1.165) is 0 Å². The molecule has 2 rings (SSSR count). The van der Waals surface area contributed by atoms with Gasteiger partial charge in [-0.15, -0.1) is 0 Å². The fourth-order valence-electron chi connectivity index (χ4n) is 1.96. The van der Waals surface area contributed by atoms with E-state index in [2.05, 4.69) is 4.74 Å². The van der Waals surface area contributed by atoms with Gasteiger partial charge in [-0.25, -0.2) is 0 Å². The molecule has 0 atom stereocenters. The van der Waals surface area contributed by atoms with Crippen molar-refractivity contribution in [2.75, 3.05) is 33.4 Å². The van der Waals surface area contributed by atoms with Crippen LogP contribution in [0.25, 0.3) is 0 Å². The number of ether oxygens (including phenoxy) is 3. The summed E-state index contributed by atoms with van der Waals surface area (Å²) in [6, 6.07) is 5.14. The van der Waals surface area contributed by atoms with Crippen molar-refractivity contribution in [1.29, 1.82) is 0 Å². The number of benzene rings is 1. The van der Waals surface area contributed by atoms with Crippen molar-refractivity contribution < 1.29 is 23.8 Å². The van der Waals surface area contributed by atoms with E-state index in [0.29, 0.717) is 36.8 Å². The lowest BCUT2D eigenvalue weighted by molar-refractivity contribution is -0.141. The number of carbonyl (C=O) groups is 2. The highest BCUT2D eigenvalue weighted by Gasteiger charge is 2.24. The summed E-state index contributed by atoms with van der Waals surface area (Å²) in [4.78, 5) is 25.2. The summed E-state index contributed by atoms with van der Waals surface area (Å²) in [5.74, 6) is 0.255. The van der Waals surface area contributed by atoms with Crippen molar-refractivity contribution in [2.24, 2.45) is 0 Å². The smallest absolute Gasteiger partial charge is 0.325 e. The lowest BCUT2D eigenvalue weighted by Crippen LogP contribution is -2.36. The number of carbonyl (C=O) groups excluding carboxylic acids is 2. The Morgan fingerprint density at radius 1 is 1.30 bits per heavy atom. The summed E-state index contributed by atoms with van der Waals surface area (Å²) in [5.41, 5.74) is 0.396. The lowest BCUT2D eigenvalue weighted by Gasteiger charge is -2.24. The number of amides is 1. The van der Waals surface area contributed by atoms with Crippen molar-refractivity contribution in [2.45, 2.75) is 6.92 Å². The summed E-state index contributed by atoms with van der Waals surface area (Å²) in [6.45, 7) is 2.98. The molecule has 6 heteroatoms. The number of fused-ring (bicyclic) bond motifs is 1. The maximum atomic E-state index is 12.5. The van der Waals surface area contributed by atoms with Crippen LogP contribution in [0.5, 0.6) is 11.5 Å². The van der Waals surface area contributed by atoms with Crippen molar-refractivity contribution in [3.63, 3.8) is 0 Å². The summed E-state index contributed by atoms with van der Waals surface area (Å²) < 4.78 is 15.5. The molecule has 0 aliphatic carbocycles. The van der Waals surface area contributed by atoms with E-state index in [4.69, 9.17) is 9.47 Å². The van der Waals surface area contributed by atoms with Crippen LogP contribution >= 0.6 is 0 Å². The molecule has 1 aliphatic heterocycles. The van der Waals surface area contributed by atoms with Crippen molar-refractivity contribution in [1.82, 2.24) is 4.90 Å². The number of hydrogen-bond donors (Lipinski definition) is 0. The Balaban J connectivity index is 2.25. The van der Waals surface area contributed by atoms with E-state index in [1.165, 1.54) is 12.0 Å². The first-order valence-corrected chi connectivity index (χ1v) is 6.42. The van der Waals surface area contributed by atoms with Gasteiger partial charge in [-0.1, -0.05) is 6.07 Å². The van der Waals surface area contributed by atoms with Crippen LogP contribution in [0.1, 0.15) is 17.3 Å². The molecule has 1 aliphatic rings. The zero-order valence-electron chi connectivity index (χ0n) is 11.5. The first-order valence-electron chi connectivity index (χ1n) is 6.42. The molecule has 0 aromatic heterocycles. The molecule has 0 saturated carbocycles. The normalized spacial score (nSPS) is 12.7. The fraction of sp³-hybridized carbons (Fsp3) is 0.429. The van der Waals surface area contributed by atoms with Crippen LogP contribution in [-0.2, 0) is 9.53 Å². The molecular weight excluding hydrogens is 262 g/mol. The zero-order valence-corrected chi connectivity index (χ0v) is 11.5. The molecule has 1 amide bonds. The highest BCUT2D eigenvalue weighted by Crippen LogP contribution is 2.34. The maximum absolute atomic E-state index is 12.5. The van der Waals surface area contributed by atoms with Crippen LogP contribution in [0.2, 0.25) is 0 Å². The SMILES string of the molecule is CCN(CC(=O)OC)C(=O)c1cccc2c1OCCO2. The Hall–Kier alpha value is -2.24. The molecule has 0 bridgehead atoms. The van der Waals surface area contributed by atoms with Gasteiger partial charge in [-0.3, -0.25) is 9.59 Å². The average molecular weight is 279 g/mol. The summed E-state index contributed by atoms with van der Waals surface area (Å²) in [7, 11) is 1.29. The zero-order chi connectivity index (χ0) is 14.5. The van der Waals surface area contributed by atoms with E-state index in [1.54, 1.807) is 25.1 Å². The van der Waals surface area contributed by atoms with Gasteiger partial charge in [0, 0.05) is 6.54 Å². The van der Waals surface area contributed by atoms with Gasteiger partial charge >= 0.3 is 5.97 Å². The molecule has 0 N–H and O–H groups in total. The number of rotatable bonds is 4. The fourth-order valence-corrected chi connectivity index (χ4v) is 1.96. The van der Waals surface area contributed by atoms with Gasteiger partial charge in [0.1, 0.15) is 19.8 Å². The highest BCUT2D eigenvalue weighted by molar-refractivity contribution is 5.99. The minimum absolute atomic E-state index is 0.0869. The first kappa shape index (κ1) is 14.2. The summed E-state index contributed by atoms with van der Waals surface area (Å²) >= 11 is 0. The minimum Gasteiger partial charge on any atom is -0.486 e. The molecule has 0 fully saturated rings. The molecule has 1 aromatic rings. The van der Waals surface area contributed by atoms with Gasteiger partial charge in [0.05, 0.1) is 12.7 Å². The third kappa shape index (κ3) is 2.84. The van der Waals surface area contributed by atoms with Gasteiger partial charge in [0.25, 0.3) is 5.91 Å². The Labute approximate surface area is 117 Å². The van der Waals surface area contributed by atoms with Crippen LogP contribution in [0, 0.1) is 0 Å². The molecule has 0 unspecified atom stereocenters. The largest absolute Gasteiger partial charge is 0.486 e. The topological polar surface area (TPSA) is 65.1 Å². The molecule has 1 aromatic carbocycles. The molecular formula is C14H17NO5. The third-order valence-corrected chi connectivity index (χ3v) is 3.01. The van der Waals surface area contributed by atoms with Gasteiger partial charge in [-0.2, -0.15) is 0 Å². The quantitative estimate of drug-likeness (QED) is 0.772. The second-order valence-corrected chi connectivity index (χ2v) is 4.23. The number of hydrogen-bond acceptors (Lipinski definition) is 5. The Morgan fingerprint density at radius 2 is 2.05 bits per heavy atom. The molecule has 20 heavy (non-hydrogen) atoms. The van der Waals surface area contributed by atoms with E-state index in [1.807, 2.05) is 0 Å². The van der Waals surface area contributed by atoms with Gasteiger partial charge in [0.2, 0.25) is 0 Å². The monoisotopic (exact) mass is 279 g/mol. The molecule has 108 valence electrons. The first-order chi connectivity index (χ1) is 9.67. The average Bonchev–Trinajstić information content (AvgIpc) is 2.51. The van der Waals surface area contributed by atoms with E-state index in [-0.39, 0.29) is 12.5 Å². The van der Waals surface area contributed by atoms with Crippen molar-refractivity contribution >= 4 is 11.9 Å². The Kier molecular flexibility index (Phi) is 4.45. The van der Waals surface area contributed by atoms with Crippen molar-refractivity contribution in [3.05, 3.63) is 23.8 Å². The van der Waals surface area contributed by atoms with Gasteiger partial charge < -0.3 is 19.1 Å². The molecule has 0 saturated heterocycles. The standard InChI is InChI=1S/C14H17NO5/c1-3-15(9-12(16)18-2)14(17)10-5-4-6-11-13(10)20-8-7-19-11/h4-6H,3,7-9H2,1-2H3. The Morgan fingerprint density at radius 3 is 2.75 bits per heavy atom. The predicted molar refractivity (Wildman–Crippen MR) is 71.0 cm³/mol. The van der Waals surface area contributed by atoms with Crippen LogP contribution in [0.15, 0.2) is 18.2 Å². The van der Waals surface area contributed by atoms with Crippen LogP contribution in [-0.4, -0.2) is 50.2 Å². The van der Waals surface area contributed by atoms with Crippen LogP contribution in [0.4, 0.5) is 0 Å². The van der Waals surface area contributed by atoms with Gasteiger partial charge in [-0.05, 0) is 19.1 Å². The molecule has 0 spiro atoms. The van der Waals surface area contributed by atoms with E-state index in [9.17, 15) is 9.59 Å². The summed E-state index contributed by atoms with van der Waals surface area (Å²) in [6.07, 6.45) is 0. The predicted octanol–water partition coefficient (Wildman–Crippen LogP) is 1.09. The number of para-hydroxylation sites is 1. The van der Waals surface area contributed by atoms with Crippen LogP contribution < -0.4 is 9.47 Å². The second-order valence-electron chi connectivity index (χ2n) is 4.23. The summed E-state index contributed by atoms with van der Waals surface area (Å²) in [5, 5.41) is 0. The number of esters is 1. The molecule has 0 radical (unpaired) electrons. The lowest BCUT2D eigenvalue weighted by atomic mass is 10.1. The second kappa shape index (κ2) is 6.27.